The molecule has 0 unspecified atom stereocenters. The summed E-state index contributed by atoms with van der Waals surface area (Å²) in [4.78, 5) is 6.71. The standard InChI is InChI=1S/C28H30N4/c1-3-7-27-25(5-1)23(19-31-27)13-15-29-17-21-9-11-22(12-10-21)18-30-16-14-24-20-32-28-8-4-2-6-26(24)28/h1-12,19-20,29-32H,13-18H2. The van der Waals surface area contributed by atoms with Crippen LogP contribution in [0.25, 0.3) is 21.8 Å². The highest BCUT2D eigenvalue weighted by molar-refractivity contribution is 5.83. The van der Waals surface area contributed by atoms with E-state index in [2.05, 4.69) is 106 Å². The van der Waals surface area contributed by atoms with Gasteiger partial charge in [0.25, 0.3) is 0 Å². The Hall–Kier alpha value is -3.34. The highest BCUT2D eigenvalue weighted by Gasteiger charge is 2.04. The number of aromatic amines is 2. The van der Waals surface area contributed by atoms with Crippen molar-refractivity contribution in [3.63, 3.8) is 0 Å². The third kappa shape index (κ3) is 4.77. The molecular formula is C28H30N4. The minimum absolute atomic E-state index is 0.899. The van der Waals surface area contributed by atoms with Crippen LogP contribution < -0.4 is 10.6 Å². The average molecular weight is 423 g/mol. The second-order valence-electron chi connectivity index (χ2n) is 8.39. The Labute approximate surface area is 189 Å². The second kappa shape index (κ2) is 9.86. The van der Waals surface area contributed by atoms with Crippen molar-refractivity contribution >= 4 is 21.8 Å². The first-order valence-corrected chi connectivity index (χ1v) is 11.5. The summed E-state index contributed by atoms with van der Waals surface area (Å²) >= 11 is 0. The molecule has 162 valence electrons. The zero-order valence-corrected chi connectivity index (χ0v) is 18.3. The van der Waals surface area contributed by atoms with E-state index in [-0.39, 0.29) is 0 Å². The predicted molar refractivity (Wildman–Crippen MR) is 134 cm³/mol. The smallest absolute Gasteiger partial charge is 0.0456 e. The van der Waals surface area contributed by atoms with Gasteiger partial charge in [0.15, 0.2) is 0 Å². The van der Waals surface area contributed by atoms with E-state index in [1.165, 1.54) is 44.1 Å². The summed E-state index contributed by atoms with van der Waals surface area (Å²) < 4.78 is 0. The number of hydrogen-bond donors (Lipinski definition) is 4. The molecule has 0 aliphatic rings. The normalized spacial score (nSPS) is 11.5. The SMILES string of the molecule is c1ccc2c(CCNCc3ccc(CNCCc4c[nH]c5ccccc45)cc3)c[nH]c2c1. The molecule has 0 saturated heterocycles. The summed E-state index contributed by atoms with van der Waals surface area (Å²) in [5.41, 5.74) is 7.84. The summed E-state index contributed by atoms with van der Waals surface area (Å²) in [7, 11) is 0. The minimum Gasteiger partial charge on any atom is -0.361 e. The van der Waals surface area contributed by atoms with Crippen molar-refractivity contribution in [3.8, 4) is 0 Å². The number of hydrogen-bond acceptors (Lipinski definition) is 2. The summed E-state index contributed by atoms with van der Waals surface area (Å²) in [5.74, 6) is 0. The lowest BCUT2D eigenvalue weighted by molar-refractivity contribution is 0.681. The zero-order valence-electron chi connectivity index (χ0n) is 18.3. The van der Waals surface area contributed by atoms with E-state index in [1.54, 1.807) is 0 Å². The van der Waals surface area contributed by atoms with Gasteiger partial charge in [-0.05, 0) is 60.3 Å². The first-order chi connectivity index (χ1) is 15.9. The Morgan fingerprint density at radius 2 is 0.969 bits per heavy atom. The van der Waals surface area contributed by atoms with Crippen molar-refractivity contribution in [1.29, 1.82) is 0 Å². The third-order valence-electron chi connectivity index (χ3n) is 6.17. The maximum Gasteiger partial charge on any atom is 0.0456 e. The van der Waals surface area contributed by atoms with E-state index in [9.17, 15) is 0 Å². The second-order valence-corrected chi connectivity index (χ2v) is 8.39. The van der Waals surface area contributed by atoms with Crippen molar-refractivity contribution in [1.82, 2.24) is 20.6 Å². The molecular weight excluding hydrogens is 392 g/mol. The van der Waals surface area contributed by atoms with Gasteiger partial charge in [0.1, 0.15) is 0 Å². The minimum atomic E-state index is 0.899. The monoisotopic (exact) mass is 422 g/mol. The molecule has 5 rings (SSSR count). The van der Waals surface area contributed by atoms with E-state index in [4.69, 9.17) is 0 Å². The molecule has 4 N–H and O–H groups in total. The third-order valence-corrected chi connectivity index (χ3v) is 6.17. The molecule has 4 heteroatoms. The Bertz CT molecular complexity index is 1180. The van der Waals surface area contributed by atoms with E-state index in [0.717, 1.165) is 39.0 Å². The van der Waals surface area contributed by atoms with Gasteiger partial charge >= 0.3 is 0 Å². The molecule has 0 amide bonds. The van der Waals surface area contributed by atoms with Crippen molar-refractivity contribution in [3.05, 3.63) is 107 Å². The van der Waals surface area contributed by atoms with Gasteiger partial charge in [0, 0.05) is 47.3 Å². The number of benzene rings is 3. The molecule has 0 bridgehead atoms. The number of nitrogens with one attached hydrogen (secondary N) is 4. The van der Waals surface area contributed by atoms with Gasteiger partial charge in [0.05, 0.1) is 0 Å². The van der Waals surface area contributed by atoms with E-state index in [0.29, 0.717) is 0 Å². The highest BCUT2D eigenvalue weighted by atomic mass is 14.9. The molecule has 4 nitrogen and oxygen atoms in total. The quantitative estimate of drug-likeness (QED) is 0.230. The van der Waals surface area contributed by atoms with E-state index in [1.807, 2.05) is 0 Å². The van der Waals surface area contributed by atoms with E-state index < -0.39 is 0 Å². The van der Waals surface area contributed by atoms with Gasteiger partial charge in [0.2, 0.25) is 0 Å². The zero-order chi connectivity index (χ0) is 21.6. The topological polar surface area (TPSA) is 55.6 Å². The maximum absolute atomic E-state index is 3.57. The Morgan fingerprint density at radius 1 is 0.531 bits per heavy atom. The van der Waals surface area contributed by atoms with Crippen LogP contribution in [0.4, 0.5) is 0 Å². The molecule has 0 aliphatic heterocycles. The number of H-pyrrole nitrogens is 2. The van der Waals surface area contributed by atoms with Crippen LogP contribution in [0.2, 0.25) is 0 Å². The Morgan fingerprint density at radius 3 is 1.44 bits per heavy atom. The van der Waals surface area contributed by atoms with Gasteiger partial charge in [-0.2, -0.15) is 0 Å². The Kier molecular flexibility index (Phi) is 6.33. The van der Waals surface area contributed by atoms with Crippen LogP contribution in [0.3, 0.4) is 0 Å². The molecule has 0 radical (unpaired) electrons. The van der Waals surface area contributed by atoms with Gasteiger partial charge < -0.3 is 20.6 Å². The number of rotatable bonds is 10. The van der Waals surface area contributed by atoms with Crippen molar-refractivity contribution < 1.29 is 0 Å². The summed E-state index contributed by atoms with van der Waals surface area (Å²) in [6, 6.07) is 25.9. The fourth-order valence-electron chi connectivity index (χ4n) is 4.36. The van der Waals surface area contributed by atoms with Crippen molar-refractivity contribution in [2.75, 3.05) is 13.1 Å². The largest absolute Gasteiger partial charge is 0.361 e. The lowest BCUT2D eigenvalue weighted by Gasteiger charge is -2.08. The molecule has 0 aliphatic carbocycles. The lowest BCUT2D eigenvalue weighted by atomic mass is 10.1. The van der Waals surface area contributed by atoms with Crippen molar-refractivity contribution in [2.45, 2.75) is 25.9 Å². The maximum atomic E-state index is 3.57. The van der Waals surface area contributed by atoms with Crippen LogP contribution >= 0.6 is 0 Å². The average Bonchev–Trinajstić information content (AvgIpc) is 3.45. The predicted octanol–water partition coefficient (Wildman–Crippen LogP) is 5.31. The van der Waals surface area contributed by atoms with E-state index >= 15 is 0 Å². The highest BCUT2D eigenvalue weighted by Crippen LogP contribution is 2.18. The molecule has 0 atom stereocenters. The molecule has 2 aromatic heterocycles. The fraction of sp³-hybridized carbons (Fsp3) is 0.214. The molecule has 32 heavy (non-hydrogen) atoms. The van der Waals surface area contributed by atoms with Crippen molar-refractivity contribution in [2.24, 2.45) is 0 Å². The van der Waals surface area contributed by atoms with Crippen LogP contribution in [-0.2, 0) is 25.9 Å². The van der Waals surface area contributed by atoms with Crippen LogP contribution in [-0.4, -0.2) is 23.1 Å². The molecule has 3 aromatic carbocycles. The van der Waals surface area contributed by atoms with Crippen LogP contribution in [0, 0.1) is 0 Å². The molecule has 0 saturated carbocycles. The van der Waals surface area contributed by atoms with Crippen LogP contribution in [0.5, 0.6) is 0 Å². The fourth-order valence-corrected chi connectivity index (χ4v) is 4.36. The van der Waals surface area contributed by atoms with Gasteiger partial charge in [-0.1, -0.05) is 60.7 Å². The molecule has 5 aromatic rings. The number of para-hydroxylation sites is 2. The van der Waals surface area contributed by atoms with Crippen LogP contribution in [0.1, 0.15) is 22.3 Å². The van der Waals surface area contributed by atoms with Gasteiger partial charge in [-0.15, -0.1) is 0 Å². The molecule has 2 heterocycles. The first-order valence-electron chi connectivity index (χ1n) is 11.5. The molecule has 0 fully saturated rings. The first kappa shape index (κ1) is 20.6. The Balaban J connectivity index is 1.03. The van der Waals surface area contributed by atoms with Gasteiger partial charge in [-0.25, -0.2) is 0 Å². The summed E-state index contributed by atoms with van der Waals surface area (Å²) in [6.07, 6.45) is 6.32. The summed E-state index contributed by atoms with van der Waals surface area (Å²) in [5, 5.41) is 9.81. The summed E-state index contributed by atoms with van der Waals surface area (Å²) in [6.45, 7) is 3.74. The van der Waals surface area contributed by atoms with Crippen LogP contribution in [0.15, 0.2) is 85.2 Å². The lowest BCUT2D eigenvalue weighted by Crippen LogP contribution is -2.17. The number of fused-ring (bicyclic) bond motifs is 2. The van der Waals surface area contributed by atoms with Gasteiger partial charge in [-0.3, -0.25) is 0 Å². The number of aromatic nitrogens is 2. The molecule has 0 spiro atoms.